The average molecular weight is 453 g/mol. The Morgan fingerprint density at radius 3 is 2.72 bits per heavy atom. The van der Waals surface area contributed by atoms with Crippen LogP contribution in [0.15, 0.2) is 60.9 Å². The number of piperidine rings is 1. The largest absolute Gasteiger partial charge is 0.490 e. The second-order valence-electron chi connectivity index (χ2n) is 7.43. The van der Waals surface area contributed by atoms with Crippen molar-refractivity contribution in [1.29, 1.82) is 0 Å². The molecule has 2 aromatic carbocycles. The fraction of sp³-hybridized carbons (Fsp3) is 0.292. The molecule has 1 fully saturated rings. The quantitative estimate of drug-likeness (QED) is 0.553. The molecule has 1 aliphatic heterocycles. The highest BCUT2D eigenvalue weighted by Crippen LogP contribution is 2.30. The molecular weight excluding hydrogens is 428 g/mol. The molecule has 0 aliphatic carbocycles. The molecule has 1 aliphatic rings. The Kier molecular flexibility index (Phi) is 7.07. The van der Waals surface area contributed by atoms with Crippen LogP contribution < -0.4 is 19.7 Å². The lowest BCUT2D eigenvalue weighted by molar-refractivity contribution is 0.102. The Morgan fingerprint density at radius 2 is 1.94 bits per heavy atom. The third-order valence-electron chi connectivity index (χ3n) is 5.11. The van der Waals surface area contributed by atoms with Gasteiger partial charge in [0.05, 0.1) is 25.5 Å². The maximum absolute atomic E-state index is 12.5. The minimum absolute atomic E-state index is 0.000490. The second-order valence-corrected chi connectivity index (χ2v) is 7.87. The molecule has 8 heteroatoms. The summed E-state index contributed by atoms with van der Waals surface area (Å²) in [5.74, 6) is 2.33. The standard InChI is InChI=1S/C24H25ClN4O3/c1-2-31-20-7-3-4-8-21(20)32-19-6-5-13-29(16-19)23-15-26-14-22(27-23)28-24(30)17-9-11-18(25)12-10-17/h3-4,7-12,14-15,19H,2,5-6,13,16H2,1H3,(H,27,28,30). The number of nitrogens with one attached hydrogen (secondary N) is 1. The molecule has 1 N–H and O–H groups in total. The number of hydrogen-bond donors (Lipinski definition) is 1. The summed E-state index contributed by atoms with van der Waals surface area (Å²) in [4.78, 5) is 23.5. The average Bonchev–Trinajstić information content (AvgIpc) is 2.81. The van der Waals surface area contributed by atoms with E-state index in [1.54, 1.807) is 30.5 Å². The zero-order valence-corrected chi connectivity index (χ0v) is 18.6. The normalized spacial score (nSPS) is 15.8. The fourth-order valence-corrected chi connectivity index (χ4v) is 3.73. The third-order valence-corrected chi connectivity index (χ3v) is 5.37. The van der Waals surface area contributed by atoms with E-state index in [4.69, 9.17) is 21.1 Å². The van der Waals surface area contributed by atoms with Gasteiger partial charge in [0.25, 0.3) is 5.91 Å². The van der Waals surface area contributed by atoms with Crippen LogP contribution in [-0.2, 0) is 0 Å². The molecule has 3 aromatic rings. The first-order valence-electron chi connectivity index (χ1n) is 10.6. The number of nitrogens with zero attached hydrogens (tertiary/aromatic N) is 3. The van der Waals surface area contributed by atoms with Crippen LogP contribution in [0.25, 0.3) is 0 Å². The van der Waals surface area contributed by atoms with E-state index in [0.29, 0.717) is 35.4 Å². The van der Waals surface area contributed by atoms with E-state index in [2.05, 4.69) is 20.2 Å². The van der Waals surface area contributed by atoms with Gasteiger partial charge in [0, 0.05) is 17.1 Å². The molecule has 7 nitrogen and oxygen atoms in total. The number of amides is 1. The van der Waals surface area contributed by atoms with E-state index >= 15 is 0 Å². The summed E-state index contributed by atoms with van der Waals surface area (Å²) in [7, 11) is 0. The van der Waals surface area contributed by atoms with E-state index < -0.39 is 0 Å². The number of benzene rings is 2. The molecule has 1 atom stereocenters. The minimum atomic E-state index is -0.263. The van der Waals surface area contributed by atoms with Crippen molar-refractivity contribution in [3.63, 3.8) is 0 Å². The van der Waals surface area contributed by atoms with E-state index in [1.807, 2.05) is 31.2 Å². The highest BCUT2D eigenvalue weighted by Gasteiger charge is 2.24. The van der Waals surface area contributed by atoms with Gasteiger partial charge in [-0.3, -0.25) is 9.78 Å². The molecule has 4 rings (SSSR count). The van der Waals surface area contributed by atoms with Crippen LogP contribution in [0.2, 0.25) is 5.02 Å². The third kappa shape index (κ3) is 5.48. The van der Waals surface area contributed by atoms with E-state index in [1.165, 1.54) is 6.20 Å². The summed E-state index contributed by atoms with van der Waals surface area (Å²) in [6, 6.07) is 14.4. The minimum Gasteiger partial charge on any atom is -0.490 e. The monoisotopic (exact) mass is 452 g/mol. The van der Waals surface area contributed by atoms with Crippen molar-refractivity contribution in [3.05, 3.63) is 71.5 Å². The molecule has 166 valence electrons. The van der Waals surface area contributed by atoms with Crippen molar-refractivity contribution in [2.75, 3.05) is 29.9 Å². The van der Waals surface area contributed by atoms with Gasteiger partial charge in [-0.2, -0.15) is 0 Å². The number of rotatable bonds is 7. The smallest absolute Gasteiger partial charge is 0.256 e. The van der Waals surface area contributed by atoms with Gasteiger partial charge in [-0.05, 0) is 56.2 Å². The van der Waals surface area contributed by atoms with Crippen LogP contribution in [-0.4, -0.2) is 41.7 Å². The molecule has 1 saturated heterocycles. The van der Waals surface area contributed by atoms with Gasteiger partial charge in [0.1, 0.15) is 11.9 Å². The summed E-state index contributed by atoms with van der Waals surface area (Å²) >= 11 is 5.89. The zero-order chi connectivity index (χ0) is 22.3. The Hall–Kier alpha value is -3.32. The fourth-order valence-electron chi connectivity index (χ4n) is 3.60. The number of anilines is 2. The van der Waals surface area contributed by atoms with E-state index in [9.17, 15) is 4.79 Å². The lowest BCUT2D eigenvalue weighted by Crippen LogP contribution is -2.41. The Labute approximate surface area is 192 Å². The summed E-state index contributed by atoms with van der Waals surface area (Å²) in [6.45, 7) is 4.05. The number of para-hydroxylation sites is 2. The number of ether oxygens (including phenoxy) is 2. The van der Waals surface area contributed by atoms with Crippen molar-refractivity contribution >= 4 is 29.1 Å². The van der Waals surface area contributed by atoms with Gasteiger partial charge in [0.2, 0.25) is 0 Å². The van der Waals surface area contributed by atoms with Crippen molar-refractivity contribution in [1.82, 2.24) is 9.97 Å². The van der Waals surface area contributed by atoms with Crippen LogP contribution in [0.1, 0.15) is 30.1 Å². The summed E-state index contributed by atoms with van der Waals surface area (Å²) in [6.07, 6.45) is 5.14. The number of aromatic nitrogens is 2. The lowest BCUT2D eigenvalue weighted by Gasteiger charge is -2.33. The van der Waals surface area contributed by atoms with Crippen LogP contribution in [0.5, 0.6) is 11.5 Å². The first-order chi connectivity index (χ1) is 15.6. The summed E-state index contributed by atoms with van der Waals surface area (Å²) in [5.41, 5.74) is 0.501. The van der Waals surface area contributed by atoms with Crippen LogP contribution in [0.3, 0.4) is 0 Å². The highest BCUT2D eigenvalue weighted by molar-refractivity contribution is 6.30. The molecule has 2 heterocycles. The Balaban J connectivity index is 1.42. The van der Waals surface area contributed by atoms with Crippen LogP contribution >= 0.6 is 11.6 Å². The maximum atomic E-state index is 12.5. The molecule has 0 bridgehead atoms. The van der Waals surface area contributed by atoms with Gasteiger partial charge >= 0.3 is 0 Å². The van der Waals surface area contributed by atoms with Crippen molar-refractivity contribution in [2.24, 2.45) is 0 Å². The molecule has 0 spiro atoms. The summed E-state index contributed by atoms with van der Waals surface area (Å²) in [5, 5.41) is 3.38. The van der Waals surface area contributed by atoms with Crippen molar-refractivity contribution in [3.8, 4) is 11.5 Å². The summed E-state index contributed by atoms with van der Waals surface area (Å²) < 4.78 is 11.9. The van der Waals surface area contributed by atoms with Crippen molar-refractivity contribution < 1.29 is 14.3 Å². The topological polar surface area (TPSA) is 76.6 Å². The lowest BCUT2D eigenvalue weighted by atomic mass is 10.1. The Morgan fingerprint density at radius 1 is 1.16 bits per heavy atom. The number of carbonyl (C=O) groups excluding carboxylic acids is 1. The Bertz CT molecular complexity index is 1060. The van der Waals surface area contributed by atoms with E-state index in [-0.39, 0.29) is 12.0 Å². The van der Waals surface area contributed by atoms with Gasteiger partial charge in [-0.1, -0.05) is 23.7 Å². The van der Waals surface area contributed by atoms with Gasteiger partial charge in [-0.25, -0.2) is 4.98 Å². The first kappa shape index (κ1) is 21.9. The van der Waals surface area contributed by atoms with E-state index in [0.717, 1.165) is 30.9 Å². The number of hydrogen-bond acceptors (Lipinski definition) is 6. The van der Waals surface area contributed by atoms with Gasteiger partial charge in [0.15, 0.2) is 17.3 Å². The maximum Gasteiger partial charge on any atom is 0.256 e. The molecule has 0 saturated carbocycles. The number of carbonyl (C=O) groups is 1. The van der Waals surface area contributed by atoms with Crippen molar-refractivity contribution in [2.45, 2.75) is 25.9 Å². The van der Waals surface area contributed by atoms with Gasteiger partial charge in [-0.15, -0.1) is 0 Å². The SMILES string of the molecule is CCOc1ccccc1OC1CCCN(c2cncc(NC(=O)c3ccc(Cl)cc3)n2)C1. The molecule has 1 amide bonds. The molecule has 32 heavy (non-hydrogen) atoms. The zero-order valence-electron chi connectivity index (χ0n) is 17.8. The molecule has 1 unspecified atom stereocenters. The van der Waals surface area contributed by atoms with Crippen LogP contribution in [0, 0.1) is 0 Å². The second kappa shape index (κ2) is 10.3. The van der Waals surface area contributed by atoms with Gasteiger partial charge < -0.3 is 19.7 Å². The highest BCUT2D eigenvalue weighted by atomic mass is 35.5. The predicted octanol–water partition coefficient (Wildman–Crippen LogP) is 4.83. The first-order valence-corrected chi connectivity index (χ1v) is 11.0. The number of halogens is 1. The molecule has 1 aromatic heterocycles. The van der Waals surface area contributed by atoms with Crippen LogP contribution in [0.4, 0.5) is 11.6 Å². The molecule has 0 radical (unpaired) electrons. The predicted molar refractivity (Wildman–Crippen MR) is 125 cm³/mol. The molecular formula is C24H25ClN4O3.